The van der Waals surface area contributed by atoms with E-state index in [-0.39, 0.29) is 31.3 Å². The molecule has 0 radical (unpaired) electrons. The van der Waals surface area contributed by atoms with Gasteiger partial charge in [-0.15, -0.1) is 12.4 Å². The molecule has 0 bridgehead atoms. The summed E-state index contributed by atoms with van der Waals surface area (Å²) in [5.74, 6) is 0.00645. The summed E-state index contributed by atoms with van der Waals surface area (Å²) in [6, 6.07) is 6.40. The van der Waals surface area contributed by atoms with Crippen LogP contribution in [0.1, 0.15) is 18.0 Å². The van der Waals surface area contributed by atoms with Crippen molar-refractivity contribution in [3.8, 4) is 5.75 Å². The number of aromatic nitrogens is 2. The molecule has 136 valence electrons. The molecule has 1 aromatic heterocycles. The number of hydrogen-bond acceptors (Lipinski definition) is 5. The Kier molecular flexibility index (Phi) is 7.90. The molecule has 25 heavy (non-hydrogen) atoms. The second kappa shape index (κ2) is 9.65. The number of nitrogens with zero attached hydrogens (tertiary/aromatic N) is 2. The number of rotatable bonds is 8. The number of carbonyl (C=O) groups is 2. The monoisotopic (exact) mass is 367 g/mol. The fourth-order valence-electron chi connectivity index (χ4n) is 2.16. The van der Waals surface area contributed by atoms with Crippen LogP contribution in [0.5, 0.6) is 5.75 Å². The maximum atomic E-state index is 12.4. The predicted molar refractivity (Wildman–Crippen MR) is 96.6 cm³/mol. The topological polar surface area (TPSA) is 111 Å². The van der Waals surface area contributed by atoms with E-state index in [2.05, 4.69) is 15.7 Å². The van der Waals surface area contributed by atoms with Gasteiger partial charge in [0.25, 0.3) is 0 Å². The van der Waals surface area contributed by atoms with E-state index in [1.54, 1.807) is 55.4 Å². The van der Waals surface area contributed by atoms with E-state index in [0.717, 1.165) is 5.56 Å². The van der Waals surface area contributed by atoms with Crippen molar-refractivity contribution < 1.29 is 14.3 Å². The van der Waals surface area contributed by atoms with Crippen molar-refractivity contribution in [2.24, 2.45) is 12.8 Å². The normalized spacial score (nSPS) is 11.3. The minimum absolute atomic E-state index is 0. The molecular weight excluding hydrogens is 346 g/mol. The van der Waals surface area contributed by atoms with E-state index >= 15 is 0 Å². The van der Waals surface area contributed by atoms with E-state index in [4.69, 9.17) is 10.5 Å². The lowest BCUT2D eigenvalue weighted by atomic mass is 10.1. The van der Waals surface area contributed by atoms with Gasteiger partial charge in [-0.1, -0.05) is 0 Å². The molecule has 0 aliphatic heterocycles. The van der Waals surface area contributed by atoms with Crippen molar-refractivity contribution in [1.29, 1.82) is 0 Å². The number of primary amides is 1. The molecule has 1 atom stereocenters. The van der Waals surface area contributed by atoms with E-state index < -0.39 is 11.9 Å². The average molecular weight is 368 g/mol. The van der Waals surface area contributed by atoms with Crippen LogP contribution < -0.4 is 21.1 Å². The molecule has 2 amide bonds. The van der Waals surface area contributed by atoms with Crippen LogP contribution in [0.2, 0.25) is 0 Å². The zero-order valence-corrected chi connectivity index (χ0v) is 14.9. The number of aryl methyl sites for hydroxylation is 1. The first-order valence-corrected chi connectivity index (χ1v) is 7.47. The minimum atomic E-state index is -0.495. The number of nitrogens with two attached hydrogens (primary N) is 1. The lowest BCUT2D eigenvalue weighted by Gasteiger charge is -2.15. The van der Waals surface area contributed by atoms with Crippen LogP contribution in [0.25, 0.3) is 0 Å². The predicted octanol–water partition coefficient (Wildman–Crippen LogP) is 0.995. The fourth-order valence-corrected chi connectivity index (χ4v) is 2.16. The van der Waals surface area contributed by atoms with E-state index in [1.165, 1.54) is 0 Å². The molecule has 2 rings (SSSR count). The van der Waals surface area contributed by atoms with Crippen molar-refractivity contribution in [2.75, 3.05) is 19.0 Å². The number of nitrogens with one attached hydrogen (secondary N) is 2. The average Bonchev–Trinajstić information content (AvgIpc) is 2.95. The summed E-state index contributed by atoms with van der Waals surface area (Å²) in [7, 11) is 3.51. The highest BCUT2D eigenvalue weighted by molar-refractivity contribution is 5.95. The molecule has 1 unspecified atom stereocenters. The first-order chi connectivity index (χ1) is 11.5. The number of ether oxygens (including phenoxy) is 1. The summed E-state index contributed by atoms with van der Waals surface area (Å²) in [6.45, 7) is 0.226. The molecule has 8 nitrogen and oxygen atoms in total. The lowest BCUT2D eigenvalue weighted by Crippen LogP contribution is -2.30. The Morgan fingerprint density at radius 1 is 1.32 bits per heavy atom. The van der Waals surface area contributed by atoms with E-state index in [0.29, 0.717) is 11.4 Å². The van der Waals surface area contributed by atoms with Gasteiger partial charge in [0.1, 0.15) is 11.8 Å². The number of halogens is 1. The van der Waals surface area contributed by atoms with Gasteiger partial charge in [-0.2, -0.15) is 5.10 Å². The highest BCUT2D eigenvalue weighted by atomic mass is 35.5. The summed E-state index contributed by atoms with van der Waals surface area (Å²) < 4.78 is 7.02. The fraction of sp³-hybridized carbons (Fsp3) is 0.312. The third-order valence-corrected chi connectivity index (χ3v) is 3.35. The Bertz CT molecular complexity index is 702. The third-order valence-electron chi connectivity index (χ3n) is 3.35. The van der Waals surface area contributed by atoms with E-state index in [9.17, 15) is 9.59 Å². The Morgan fingerprint density at radius 3 is 2.52 bits per heavy atom. The zero-order chi connectivity index (χ0) is 17.5. The number of anilines is 1. The van der Waals surface area contributed by atoms with Gasteiger partial charge < -0.3 is 21.1 Å². The summed E-state index contributed by atoms with van der Waals surface area (Å²) >= 11 is 0. The molecule has 1 heterocycles. The Hall–Kier alpha value is -2.58. The van der Waals surface area contributed by atoms with Crippen molar-refractivity contribution in [2.45, 2.75) is 12.5 Å². The maximum Gasteiger partial charge on any atom is 0.246 e. The molecule has 0 fully saturated rings. The van der Waals surface area contributed by atoms with Crippen molar-refractivity contribution in [1.82, 2.24) is 15.1 Å². The third kappa shape index (κ3) is 6.09. The van der Waals surface area contributed by atoms with E-state index in [1.807, 2.05) is 0 Å². The molecule has 2 aromatic rings. The smallest absolute Gasteiger partial charge is 0.246 e. The first kappa shape index (κ1) is 20.5. The number of amides is 2. The second-order valence-electron chi connectivity index (χ2n) is 5.25. The van der Waals surface area contributed by atoms with Crippen LogP contribution in [0.4, 0.5) is 5.69 Å². The molecule has 4 N–H and O–H groups in total. The summed E-state index contributed by atoms with van der Waals surface area (Å²) in [6.07, 6.45) is 3.60. The van der Waals surface area contributed by atoms with Gasteiger partial charge in [0, 0.05) is 24.5 Å². The second-order valence-corrected chi connectivity index (χ2v) is 5.25. The van der Waals surface area contributed by atoms with Crippen LogP contribution in [0, 0.1) is 0 Å². The van der Waals surface area contributed by atoms with Crippen LogP contribution in [-0.4, -0.2) is 35.2 Å². The quantitative estimate of drug-likeness (QED) is 0.644. The molecule has 1 aromatic carbocycles. The van der Waals surface area contributed by atoms with Gasteiger partial charge in [-0.05, 0) is 31.3 Å². The summed E-state index contributed by atoms with van der Waals surface area (Å²) in [5.41, 5.74) is 6.47. The van der Waals surface area contributed by atoms with Crippen molar-refractivity contribution in [3.63, 3.8) is 0 Å². The zero-order valence-electron chi connectivity index (χ0n) is 14.1. The Labute approximate surface area is 152 Å². The Balaban J connectivity index is 0.00000312. The standard InChI is InChI=1S/C16H21N5O3.ClH/c1-18-15(11-9-19-21(2)10-11)16(23)20-12-3-5-13(6-4-12)24-8-7-14(17)22;/h3-6,9-10,15,18H,7-8H2,1-2H3,(H2,17,22)(H,20,23);1H. The van der Waals surface area contributed by atoms with Gasteiger partial charge in [-0.3, -0.25) is 14.3 Å². The van der Waals surface area contributed by atoms with Gasteiger partial charge >= 0.3 is 0 Å². The molecule has 9 heteroatoms. The van der Waals surface area contributed by atoms with Crippen LogP contribution in [0.15, 0.2) is 36.7 Å². The largest absolute Gasteiger partial charge is 0.493 e. The van der Waals surface area contributed by atoms with Gasteiger partial charge in [0.15, 0.2) is 0 Å². The molecule has 0 saturated heterocycles. The van der Waals surface area contributed by atoms with Crippen molar-refractivity contribution >= 4 is 29.9 Å². The lowest BCUT2D eigenvalue weighted by molar-refractivity contribution is -0.119. The Morgan fingerprint density at radius 2 is 2.00 bits per heavy atom. The molecular formula is C16H22ClN5O3. The van der Waals surface area contributed by atoms with Gasteiger partial charge in [-0.25, -0.2) is 0 Å². The van der Waals surface area contributed by atoms with Gasteiger partial charge in [0.2, 0.25) is 11.8 Å². The minimum Gasteiger partial charge on any atom is -0.493 e. The summed E-state index contributed by atoms with van der Waals surface area (Å²) in [4.78, 5) is 23.1. The molecule has 0 spiro atoms. The summed E-state index contributed by atoms with van der Waals surface area (Å²) in [5, 5.41) is 9.88. The van der Waals surface area contributed by atoms with Crippen LogP contribution in [0.3, 0.4) is 0 Å². The van der Waals surface area contributed by atoms with Crippen LogP contribution in [-0.2, 0) is 16.6 Å². The van der Waals surface area contributed by atoms with Crippen LogP contribution >= 0.6 is 12.4 Å². The number of hydrogen-bond donors (Lipinski definition) is 3. The maximum absolute atomic E-state index is 12.4. The molecule has 0 aliphatic carbocycles. The van der Waals surface area contributed by atoms with Gasteiger partial charge in [0.05, 0.1) is 19.2 Å². The number of carbonyl (C=O) groups excluding carboxylic acids is 2. The number of likely N-dealkylation sites (N-methyl/N-ethyl adjacent to an activating group) is 1. The molecule has 0 saturated carbocycles. The first-order valence-electron chi connectivity index (χ1n) is 7.47. The van der Waals surface area contributed by atoms with Crippen molar-refractivity contribution in [3.05, 3.63) is 42.2 Å². The molecule has 0 aliphatic rings. The number of benzene rings is 1. The SMILES string of the molecule is CNC(C(=O)Nc1ccc(OCCC(N)=O)cc1)c1cnn(C)c1.Cl. The highest BCUT2D eigenvalue weighted by Crippen LogP contribution is 2.18. The highest BCUT2D eigenvalue weighted by Gasteiger charge is 2.20.